The van der Waals surface area contributed by atoms with Crippen molar-refractivity contribution in [2.24, 2.45) is 11.7 Å². The van der Waals surface area contributed by atoms with E-state index >= 15 is 0 Å². The quantitative estimate of drug-likeness (QED) is 0.831. The van der Waals surface area contributed by atoms with E-state index in [9.17, 15) is 9.59 Å². The van der Waals surface area contributed by atoms with Crippen LogP contribution < -0.4 is 11.1 Å². The molecule has 0 heterocycles. The van der Waals surface area contributed by atoms with Gasteiger partial charge in [0.1, 0.15) is 0 Å². The summed E-state index contributed by atoms with van der Waals surface area (Å²) in [5.74, 6) is 0.194. The number of carbonyl (C=O) groups excluding carboxylic acids is 2. The molecule has 0 saturated heterocycles. The van der Waals surface area contributed by atoms with Gasteiger partial charge in [-0.05, 0) is 37.1 Å². The standard InChI is InChI=1S/C15H23N3O2/c1-11(10-16)7-8-14(19)17-13-6-4-5-12(9-13)15(20)18(2)3/h4-6,9,11H,7-8,10,16H2,1-3H3,(H,17,19). The summed E-state index contributed by atoms with van der Waals surface area (Å²) in [6.07, 6.45) is 1.20. The van der Waals surface area contributed by atoms with Crippen LogP contribution in [0.15, 0.2) is 24.3 Å². The Labute approximate surface area is 120 Å². The molecule has 1 aromatic rings. The first-order valence-electron chi connectivity index (χ1n) is 6.75. The van der Waals surface area contributed by atoms with Gasteiger partial charge in [0, 0.05) is 31.8 Å². The molecule has 0 saturated carbocycles. The van der Waals surface area contributed by atoms with Crippen molar-refractivity contribution in [3.05, 3.63) is 29.8 Å². The molecule has 0 spiro atoms. The lowest BCUT2D eigenvalue weighted by molar-refractivity contribution is -0.116. The molecular formula is C15H23N3O2. The molecule has 0 aliphatic rings. The van der Waals surface area contributed by atoms with Crippen LogP contribution in [0.5, 0.6) is 0 Å². The van der Waals surface area contributed by atoms with E-state index in [1.54, 1.807) is 38.4 Å². The number of carbonyl (C=O) groups is 2. The third-order valence-corrected chi connectivity index (χ3v) is 3.07. The van der Waals surface area contributed by atoms with Crippen molar-refractivity contribution < 1.29 is 9.59 Å². The number of amides is 2. The van der Waals surface area contributed by atoms with Gasteiger partial charge < -0.3 is 16.0 Å². The first-order chi connectivity index (χ1) is 9.43. The van der Waals surface area contributed by atoms with Gasteiger partial charge in [-0.3, -0.25) is 9.59 Å². The predicted molar refractivity (Wildman–Crippen MR) is 80.5 cm³/mol. The van der Waals surface area contributed by atoms with Crippen molar-refractivity contribution >= 4 is 17.5 Å². The summed E-state index contributed by atoms with van der Waals surface area (Å²) in [6.45, 7) is 2.60. The first kappa shape index (κ1) is 16.2. The molecule has 1 atom stereocenters. The molecule has 5 heteroatoms. The molecule has 1 rings (SSSR count). The van der Waals surface area contributed by atoms with Crippen LogP contribution in [0.3, 0.4) is 0 Å². The van der Waals surface area contributed by atoms with Crippen LogP contribution in [-0.4, -0.2) is 37.4 Å². The Bertz CT molecular complexity index is 472. The minimum Gasteiger partial charge on any atom is -0.345 e. The summed E-state index contributed by atoms with van der Waals surface area (Å²) in [4.78, 5) is 25.1. The number of nitrogens with zero attached hydrogens (tertiary/aromatic N) is 1. The molecule has 0 fully saturated rings. The average molecular weight is 277 g/mol. The zero-order valence-corrected chi connectivity index (χ0v) is 12.3. The average Bonchev–Trinajstić information content (AvgIpc) is 2.44. The Balaban J connectivity index is 2.62. The maximum atomic E-state index is 11.8. The van der Waals surface area contributed by atoms with Gasteiger partial charge in [0.15, 0.2) is 0 Å². The largest absolute Gasteiger partial charge is 0.345 e. The Morgan fingerprint density at radius 3 is 2.65 bits per heavy atom. The van der Waals surface area contributed by atoms with E-state index in [0.717, 1.165) is 6.42 Å². The summed E-state index contributed by atoms with van der Waals surface area (Å²) in [5.41, 5.74) is 6.72. The van der Waals surface area contributed by atoms with Crippen molar-refractivity contribution in [2.45, 2.75) is 19.8 Å². The smallest absolute Gasteiger partial charge is 0.253 e. The van der Waals surface area contributed by atoms with E-state index in [-0.39, 0.29) is 11.8 Å². The van der Waals surface area contributed by atoms with E-state index < -0.39 is 0 Å². The highest BCUT2D eigenvalue weighted by atomic mass is 16.2. The Morgan fingerprint density at radius 2 is 2.05 bits per heavy atom. The molecular weight excluding hydrogens is 254 g/mol. The van der Waals surface area contributed by atoms with Gasteiger partial charge in [-0.2, -0.15) is 0 Å². The van der Waals surface area contributed by atoms with Gasteiger partial charge in [0.25, 0.3) is 5.91 Å². The highest BCUT2D eigenvalue weighted by molar-refractivity contribution is 5.96. The molecule has 2 amide bonds. The zero-order valence-electron chi connectivity index (χ0n) is 12.3. The molecule has 3 N–H and O–H groups in total. The Morgan fingerprint density at radius 1 is 1.35 bits per heavy atom. The van der Waals surface area contributed by atoms with Crippen LogP contribution >= 0.6 is 0 Å². The fourth-order valence-corrected chi connectivity index (χ4v) is 1.71. The van der Waals surface area contributed by atoms with Gasteiger partial charge in [-0.25, -0.2) is 0 Å². The lowest BCUT2D eigenvalue weighted by Gasteiger charge is -2.12. The molecule has 20 heavy (non-hydrogen) atoms. The van der Waals surface area contributed by atoms with Crippen LogP contribution in [0.2, 0.25) is 0 Å². The van der Waals surface area contributed by atoms with E-state index in [1.807, 2.05) is 6.92 Å². The minimum absolute atomic E-state index is 0.0558. The molecule has 0 aliphatic carbocycles. The van der Waals surface area contributed by atoms with Crippen molar-refractivity contribution in [1.82, 2.24) is 4.90 Å². The lowest BCUT2D eigenvalue weighted by atomic mass is 10.1. The summed E-state index contributed by atoms with van der Waals surface area (Å²) in [5, 5.41) is 2.81. The van der Waals surface area contributed by atoms with Crippen LogP contribution in [0, 0.1) is 5.92 Å². The van der Waals surface area contributed by atoms with Crippen molar-refractivity contribution in [1.29, 1.82) is 0 Å². The van der Waals surface area contributed by atoms with E-state index in [4.69, 9.17) is 5.73 Å². The molecule has 1 unspecified atom stereocenters. The molecule has 0 radical (unpaired) electrons. The number of hydrogen-bond acceptors (Lipinski definition) is 3. The van der Waals surface area contributed by atoms with Crippen LogP contribution in [0.25, 0.3) is 0 Å². The SMILES string of the molecule is CC(CN)CCC(=O)Nc1cccc(C(=O)N(C)C)c1. The van der Waals surface area contributed by atoms with Crippen molar-refractivity contribution in [3.8, 4) is 0 Å². The van der Waals surface area contributed by atoms with Gasteiger partial charge in [-0.1, -0.05) is 13.0 Å². The number of nitrogens with one attached hydrogen (secondary N) is 1. The predicted octanol–water partition coefficient (Wildman–Crippen LogP) is 1.70. The van der Waals surface area contributed by atoms with E-state index in [1.165, 1.54) is 4.90 Å². The molecule has 5 nitrogen and oxygen atoms in total. The Hall–Kier alpha value is -1.88. The summed E-state index contributed by atoms with van der Waals surface area (Å²) in [7, 11) is 3.39. The number of rotatable bonds is 6. The minimum atomic E-state index is -0.0853. The lowest BCUT2D eigenvalue weighted by Crippen LogP contribution is -2.22. The summed E-state index contributed by atoms with van der Waals surface area (Å²) in [6, 6.07) is 6.95. The highest BCUT2D eigenvalue weighted by Gasteiger charge is 2.10. The monoisotopic (exact) mass is 277 g/mol. The fourth-order valence-electron chi connectivity index (χ4n) is 1.71. The van der Waals surface area contributed by atoms with E-state index in [2.05, 4.69) is 5.32 Å². The third kappa shape index (κ3) is 5.01. The van der Waals surface area contributed by atoms with E-state index in [0.29, 0.717) is 30.1 Å². The van der Waals surface area contributed by atoms with Crippen LogP contribution in [-0.2, 0) is 4.79 Å². The van der Waals surface area contributed by atoms with Gasteiger partial charge in [0.05, 0.1) is 0 Å². The van der Waals surface area contributed by atoms with Crippen molar-refractivity contribution in [3.63, 3.8) is 0 Å². The molecule has 0 bridgehead atoms. The number of nitrogens with two attached hydrogens (primary N) is 1. The van der Waals surface area contributed by atoms with Gasteiger partial charge >= 0.3 is 0 Å². The summed E-state index contributed by atoms with van der Waals surface area (Å²) >= 11 is 0. The number of hydrogen-bond donors (Lipinski definition) is 2. The third-order valence-electron chi connectivity index (χ3n) is 3.07. The number of anilines is 1. The summed E-state index contributed by atoms with van der Waals surface area (Å²) < 4.78 is 0. The van der Waals surface area contributed by atoms with Crippen LogP contribution in [0.1, 0.15) is 30.1 Å². The van der Waals surface area contributed by atoms with Gasteiger partial charge in [0.2, 0.25) is 5.91 Å². The molecule has 0 aromatic heterocycles. The fraction of sp³-hybridized carbons (Fsp3) is 0.467. The second-order valence-corrected chi connectivity index (χ2v) is 5.21. The van der Waals surface area contributed by atoms with Crippen molar-refractivity contribution in [2.75, 3.05) is 26.0 Å². The Kier molecular flexibility index (Phi) is 6.18. The molecule has 110 valence electrons. The normalized spacial score (nSPS) is 11.8. The first-order valence-corrected chi connectivity index (χ1v) is 6.75. The topological polar surface area (TPSA) is 75.4 Å². The maximum Gasteiger partial charge on any atom is 0.253 e. The maximum absolute atomic E-state index is 11.8. The van der Waals surface area contributed by atoms with Gasteiger partial charge in [-0.15, -0.1) is 0 Å². The molecule has 0 aliphatic heterocycles. The highest BCUT2D eigenvalue weighted by Crippen LogP contribution is 2.13. The number of benzene rings is 1. The zero-order chi connectivity index (χ0) is 15.1. The second-order valence-electron chi connectivity index (χ2n) is 5.21. The second kappa shape index (κ2) is 7.65. The van der Waals surface area contributed by atoms with Crippen LogP contribution in [0.4, 0.5) is 5.69 Å². The molecule has 1 aromatic carbocycles.